The fourth-order valence-electron chi connectivity index (χ4n) is 2.11. The van der Waals surface area contributed by atoms with Crippen LogP contribution in [0.3, 0.4) is 0 Å². The van der Waals surface area contributed by atoms with Crippen LogP contribution in [0.4, 0.5) is 13.2 Å². The van der Waals surface area contributed by atoms with E-state index in [1.807, 2.05) is 19.9 Å². The minimum Gasteiger partial charge on any atom is -0.461 e. The summed E-state index contributed by atoms with van der Waals surface area (Å²) < 4.78 is 44.2. The van der Waals surface area contributed by atoms with Gasteiger partial charge in [-0.3, -0.25) is 0 Å². The van der Waals surface area contributed by atoms with Crippen LogP contribution in [0.1, 0.15) is 30.7 Å². The Bertz CT molecular complexity index is 606. The normalized spacial score (nSPS) is 13.2. The van der Waals surface area contributed by atoms with E-state index in [0.29, 0.717) is 11.1 Å². The molecule has 0 atom stereocenters. The van der Waals surface area contributed by atoms with Gasteiger partial charge in [-0.25, -0.2) is 0 Å². The van der Waals surface area contributed by atoms with Crippen molar-refractivity contribution in [2.75, 3.05) is 0 Å². The predicted octanol–water partition coefficient (Wildman–Crippen LogP) is 5.18. The quantitative estimate of drug-likeness (QED) is 0.732. The van der Waals surface area contributed by atoms with Crippen molar-refractivity contribution in [2.45, 2.75) is 40.3 Å². The Morgan fingerprint density at radius 1 is 1.11 bits per heavy atom. The Balaban J connectivity index is 2.37. The molecule has 1 aromatic heterocycles. The van der Waals surface area contributed by atoms with Gasteiger partial charge in [0.15, 0.2) is 0 Å². The van der Waals surface area contributed by atoms with Gasteiger partial charge in [0, 0.05) is 5.39 Å². The van der Waals surface area contributed by atoms with Crippen LogP contribution in [-0.2, 0) is 6.42 Å². The molecule has 0 spiro atoms. The summed E-state index contributed by atoms with van der Waals surface area (Å²) in [6, 6.07) is 5.30. The number of furan rings is 1. The molecular formula is C15H17F3O. The van der Waals surface area contributed by atoms with Gasteiger partial charge in [-0.1, -0.05) is 26.0 Å². The highest BCUT2D eigenvalue weighted by atomic mass is 19.4. The molecule has 1 heterocycles. The number of rotatable bonds is 2. The van der Waals surface area contributed by atoms with E-state index in [1.165, 1.54) is 13.8 Å². The maximum absolute atomic E-state index is 12.9. The minimum atomic E-state index is -4.21. The molecule has 1 nitrogen and oxygen atoms in total. The third-order valence-corrected chi connectivity index (χ3v) is 3.65. The van der Waals surface area contributed by atoms with Crippen LogP contribution in [0.15, 0.2) is 22.6 Å². The molecule has 0 bridgehead atoms. The highest BCUT2D eigenvalue weighted by molar-refractivity contribution is 5.82. The molecule has 0 saturated carbocycles. The van der Waals surface area contributed by atoms with Crippen LogP contribution in [0.5, 0.6) is 0 Å². The van der Waals surface area contributed by atoms with E-state index in [1.54, 1.807) is 12.1 Å². The second-order valence-corrected chi connectivity index (χ2v) is 5.67. The van der Waals surface area contributed by atoms with Crippen LogP contribution in [-0.4, -0.2) is 6.18 Å². The lowest BCUT2D eigenvalue weighted by Crippen LogP contribution is -2.34. The second kappa shape index (κ2) is 4.29. The van der Waals surface area contributed by atoms with Crippen molar-refractivity contribution in [1.82, 2.24) is 0 Å². The SMILES string of the molecule is Cc1oc2cc(CC(C)(C)C(F)(F)F)ccc2c1C. The smallest absolute Gasteiger partial charge is 0.394 e. The summed E-state index contributed by atoms with van der Waals surface area (Å²) in [4.78, 5) is 0. The van der Waals surface area contributed by atoms with E-state index in [2.05, 4.69) is 0 Å². The van der Waals surface area contributed by atoms with Gasteiger partial charge in [0.1, 0.15) is 11.3 Å². The third-order valence-electron chi connectivity index (χ3n) is 3.65. The molecule has 0 aliphatic heterocycles. The molecule has 19 heavy (non-hydrogen) atoms. The molecule has 0 N–H and O–H groups in total. The molecule has 0 unspecified atom stereocenters. The molecule has 0 fully saturated rings. The number of fused-ring (bicyclic) bond motifs is 1. The number of benzene rings is 1. The number of halogens is 3. The van der Waals surface area contributed by atoms with Crippen molar-refractivity contribution in [3.05, 3.63) is 35.1 Å². The van der Waals surface area contributed by atoms with Crippen molar-refractivity contribution in [3.63, 3.8) is 0 Å². The molecule has 4 heteroatoms. The summed E-state index contributed by atoms with van der Waals surface area (Å²) in [5.41, 5.74) is 0.600. The molecule has 0 radical (unpaired) electrons. The number of alkyl halides is 3. The van der Waals surface area contributed by atoms with E-state index < -0.39 is 11.6 Å². The van der Waals surface area contributed by atoms with Crippen molar-refractivity contribution in [3.8, 4) is 0 Å². The summed E-state index contributed by atoms with van der Waals surface area (Å²) in [6.45, 7) is 6.24. The van der Waals surface area contributed by atoms with Crippen molar-refractivity contribution in [1.29, 1.82) is 0 Å². The largest absolute Gasteiger partial charge is 0.461 e. The summed E-state index contributed by atoms with van der Waals surface area (Å²) in [7, 11) is 0. The maximum atomic E-state index is 12.9. The summed E-state index contributed by atoms with van der Waals surface area (Å²) in [5.74, 6) is 0.808. The first-order valence-corrected chi connectivity index (χ1v) is 6.17. The molecule has 0 aliphatic carbocycles. The topological polar surface area (TPSA) is 13.1 Å². The number of hydrogen-bond donors (Lipinski definition) is 0. The fourth-order valence-corrected chi connectivity index (χ4v) is 2.11. The Morgan fingerprint density at radius 3 is 2.32 bits per heavy atom. The first kappa shape index (κ1) is 14.0. The van der Waals surface area contributed by atoms with E-state index in [0.717, 1.165) is 16.7 Å². The molecule has 1 aromatic carbocycles. The van der Waals surface area contributed by atoms with Gasteiger partial charge in [-0.15, -0.1) is 0 Å². The first-order valence-electron chi connectivity index (χ1n) is 6.17. The molecule has 104 valence electrons. The van der Waals surface area contributed by atoms with Crippen LogP contribution in [0.25, 0.3) is 11.0 Å². The monoisotopic (exact) mass is 270 g/mol. The average Bonchev–Trinajstić information content (AvgIpc) is 2.52. The summed E-state index contributed by atoms with van der Waals surface area (Å²) >= 11 is 0. The van der Waals surface area contributed by atoms with Gasteiger partial charge in [-0.05, 0) is 37.5 Å². The van der Waals surface area contributed by atoms with Gasteiger partial charge < -0.3 is 4.42 Å². The average molecular weight is 270 g/mol. The van der Waals surface area contributed by atoms with E-state index in [9.17, 15) is 13.2 Å². The highest BCUT2D eigenvalue weighted by Gasteiger charge is 2.46. The van der Waals surface area contributed by atoms with Gasteiger partial charge in [0.25, 0.3) is 0 Å². The zero-order valence-electron chi connectivity index (χ0n) is 11.5. The summed E-state index contributed by atoms with van der Waals surface area (Å²) in [5, 5.41) is 0.964. The van der Waals surface area contributed by atoms with Crippen LogP contribution in [0.2, 0.25) is 0 Å². The Labute approximate surface area is 110 Å². The lowest BCUT2D eigenvalue weighted by molar-refractivity contribution is -0.211. The van der Waals surface area contributed by atoms with E-state index >= 15 is 0 Å². The summed E-state index contributed by atoms with van der Waals surface area (Å²) in [6.07, 6.45) is -4.26. The Hall–Kier alpha value is -1.45. The first-order chi connectivity index (χ1) is 8.62. The Kier molecular flexibility index (Phi) is 3.15. The lowest BCUT2D eigenvalue weighted by Gasteiger charge is -2.27. The van der Waals surface area contributed by atoms with Gasteiger partial charge >= 0.3 is 6.18 Å². The van der Waals surface area contributed by atoms with Gasteiger partial charge in [0.2, 0.25) is 0 Å². The van der Waals surface area contributed by atoms with Crippen molar-refractivity contribution in [2.24, 2.45) is 5.41 Å². The molecule has 2 rings (SSSR count). The van der Waals surface area contributed by atoms with Crippen molar-refractivity contribution < 1.29 is 17.6 Å². The molecule has 0 saturated heterocycles. The van der Waals surface area contributed by atoms with E-state index in [-0.39, 0.29) is 6.42 Å². The van der Waals surface area contributed by atoms with Crippen LogP contribution >= 0.6 is 0 Å². The predicted molar refractivity (Wildman–Crippen MR) is 69.2 cm³/mol. The molecule has 0 amide bonds. The highest BCUT2D eigenvalue weighted by Crippen LogP contribution is 2.40. The molecule has 2 aromatic rings. The van der Waals surface area contributed by atoms with Crippen LogP contribution in [0, 0.1) is 19.3 Å². The molecular weight excluding hydrogens is 253 g/mol. The lowest BCUT2D eigenvalue weighted by atomic mass is 9.85. The maximum Gasteiger partial charge on any atom is 0.394 e. The van der Waals surface area contributed by atoms with Gasteiger partial charge in [0.05, 0.1) is 5.41 Å². The third kappa shape index (κ3) is 2.48. The standard InChI is InChI=1S/C15H17F3O/c1-9-10(2)19-13-7-11(5-6-12(9)13)8-14(3,4)15(16,17)18/h5-7H,8H2,1-4H3. The zero-order valence-corrected chi connectivity index (χ0v) is 11.5. The van der Waals surface area contributed by atoms with Crippen LogP contribution < -0.4 is 0 Å². The Morgan fingerprint density at radius 2 is 1.74 bits per heavy atom. The zero-order chi connectivity index (χ0) is 14.4. The molecule has 0 aliphatic rings. The van der Waals surface area contributed by atoms with E-state index in [4.69, 9.17) is 4.42 Å². The fraction of sp³-hybridized carbons (Fsp3) is 0.467. The minimum absolute atomic E-state index is 0.0504. The number of hydrogen-bond acceptors (Lipinski definition) is 1. The number of aryl methyl sites for hydroxylation is 2. The van der Waals surface area contributed by atoms with Gasteiger partial charge in [-0.2, -0.15) is 13.2 Å². The van der Waals surface area contributed by atoms with Crippen molar-refractivity contribution >= 4 is 11.0 Å². The second-order valence-electron chi connectivity index (χ2n) is 5.67.